The van der Waals surface area contributed by atoms with Crippen molar-refractivity contribution in [3.63, 3.8) is 0 Å². The molecule has 17 heavy (non-hydrogen) atoms. The van der Waals surface area contributed by atoms with Gasteiger partial charge in [0.2, 0.25) is 0 Å². The van der Waals surface area contributed by atoms with Gasteiger partial charge in [0, 0.05) is 0 Å². The van der Waals surface area contributed by atoms with Crippen molar-refractivity contribution in [2.45, 2.75) is 24.3 Å². The molecule has 0 unspecified atom stereocenters. The summed E-state index contributed by atoms with van der Waals surface area (Å²) in [6, 6.07) is 8.52. The van der Waals surface area contributed by atoms with E-state index < -0.39 is 0 Å². The number of methoxy groups -OCH3 is 1. The average Bonchev–Trinajstić information content (AvgIpc) is 2.40. The smallest absolute Gasteiger partial charge is 0.118 e. The molecule has 0 saturated carbocycles. The van der Waals surface area contributed by atoms with Crippen LogP contribution in [-0.4, -0.2) is 18.6 Å². The molecule has 0 radical (unpaired) electrons. The van der Waals surface area contributed by atoms with Crippen LogP contribution in [0.1, 0.15) is 29.9 Å². The van der Waals surface area contributed by atoms with Gasteiger partial charge in [0.1, 0.15) is 5.75 Å². The maximum atomic E-state index is 5.19. The Balaban J connectivity index is 1.91. The van der Waals surface area contributed by atoms with Gasteiger partial charge < -0.3 is 4.74 Å². The lowest BCUT2D eigenvalue weighted by molar-refractivity contribution is 0.414. The Morgan fingerprint density at radius 3 is 2.35 bits per heavy atom. The molecule has 3 heteroatoms. The van der Waals surface area contributed by atoms with Crippen molar-refractivity contribution in [2.24, 2.45) is 5.92 Å². The van der Waals surface area contributed by atoms with Crippen LogP contribution in [0.3, 0.4) is 0 Å². The van der Waals surface area contributed by atoms with Gasteiger partial charge in [0.15, 0.2) is 0 Å². The van der Waals surface area contributed by atoms with E-state index >= 15 is 0 Å². The van der Waals surface area contributed by atoms with Crippen LogP contribution in [0.4, 0.5) is 0 Å². The topological polar surface area (TPSA) is 9.23 Å². The average molecular weight is 268 g/mol. The quantitative estimate of drug-likeness (QED) is 0.790. The van der Waals surface area contributed by atoms with Crippen LogP contribution in [0.2, 0.25) is 0 Å². The van der Waals surface area contributed by atoms with Gasteiger partial charge in [-0.2, -0.15) is 0 Å². The molecule has 2 rings (SSSR count). The van der Waals surface area contributed by atoms with E-state index in [2.05, 4.69) is 54.7 Å². The van der Waals surface area contributed by atoms with Crippen molar-refractivity contribution < 1.29 is 4.74 Å². The lowest BCUT2D eigenvalue weighted by Crippen LogP contribution is -2.13. The fraction of sp³-hybridized carbons (Fsp3) is 0.571. The molecule has 1 saturated heterocycles. The maximum Gasteiger partial charge on any atom is 0.118 e. The second kappa shape index (κ2) is 6.60. The molecule has 0 atom stereocenters. The first-order valence-corrected chi connectivity index (χ1v) is 8.30. The highest BCUT2D eigenvalue weighted by molar-refractivity contribution is 8.16. The second-order valence-corrected chi connectivity index (χ2v) is 7.00. The van der Waals surface area contributed by atoms with Crippen LogP contribution in [-0.2, 0) is 0 Å². The zero-order valence-corrected chi connectivity index (χ0v) is 12.2. The highest BCUT2D eigenvalue weighted by atomic mass is 32.2. The number of hydrogen-bond acceptors (Lipinski definition) is 3. The summed E-state index contributed by atoms with van der Waals surface area (Å²) in [4.78, 5) is 0. The molecule has 0 aromatic heterocycles. The Bertz CT molecular complexity index is 329. The van der Waals surface area contributed by atoms with E-state index in [1.807, 2.05) is 0 Å². The van der Waals surface area contributed by atoms with E-state index in [4.69, 9.17) is 4.74 Å². The minimum atomic E-state index is 0.619. The Kier molecular flexibility index (Phi) is 5.11. The Morgan fingerprint density at radius 2 is 1.82 bits per heavy atom. The van der Waals surface area contributed by atoms with Crippen LogP contribution in [0.15, 0.2) is 24.3 Å². The number of benzene rings is 1. The second-order valence-electron chi connectivity index (χ2n) is 4.43. The van der Waals surface area contributed by atoms with E-state index in [1.54, 1.807) is 7.11 Å². The van der Waals surface area contributed by atoms with Gasteiger partial charge >= 0.3 is 0 Å². The third kappa shape index (κ3) is 3.59. The molecule has 1 fully saturated rings. The van der Waals surface area contributed by atoms with Gasteiger partial charge in [-0.15, -0.1) is 23.5 Å². The van der Waals surface area contributed by atoms with E-state index in [9.17, 15) is 0 Å². The molecule has 1 aromatic carbocycles. The van der Waals surface area contributed by atoms with Crippen molar-refractivity contribution in [1.29, 1.82) is 0 Å². The first-order valence-electron chi connectivity index (χ1n) is 6.20. The van der Waals surface area contributed by atoms with Crippen LogP contribution >= 0.6 is 23.5 Å². The molecular formula is C14H20OS2. The first kappa shape index (κ1) is 13.2. The van der Waals surface area contributed by atoms with Crippen LogP contribution in [0.25, 0.3) is 0 Å². The molecular weight excluding hydrogens is 248 g/mol. The summed E-state index contributed by atoms with van der Waals surface area (Å²) in [7, 11) is 1.72. The zero-order valence-electron chi connectivity index (χ0n) is 10.5. The predicted octanol–water partition coefficient (Wildman–Crippen LogP) is 4.59. The van der Waals surface area contributed by atoms with E-state index in [0.29, 0.717) is 4.58 Å². The molecule has 1 aliphatic rings. The van der Waals surface area contributed by atoms with Gasteiger partial charge in [-0.25, -0.2) is 0 Å². The zero-order chi connectivity index (χ0) is 12.1. The summed E-state index contributed by atoms with van der Waals surface area (Å²) >= 11 is 4.20. The van der Waals surface area contributed by atoms with Gasteiger partial charge in [-0.05, 0) is 41.5 Å². The molecule has 0 N–H and O–H groups in total. The van der Waals surface area contributed by atoms with Crippen LogP contribution in [0.5, 0.6) is 5.75 Å². The third-order valence-electron chi connectivity index (χ3n) is 3.05. The lowest BCUT2D eigenvalue weighted by Gasteiger charge is -2.27. The summed E-state index contributed by atoms with van der Waals surface area (Å²) in [6.45, 7) is 2.28. The van der Waals surface area contributed by atoms with Crippen molar-refractivity contribution >= 4 is 23.5 Å². The highest BCUT2D eigenvalue weighted by Crippen LogP contribution is 2.46. The highest BCUT2D eigenvalue weighted by Gasteiger charge is 2.22. The molecule has 0 aliphatic carbocycles. The van der Waals surface area contributed by atoms with Crippen molar-refractivity contribution in [1.82, 2.24) is 0 Å². The summed E-state index contributed by atoms with van der Waals surface area (Å²) in [6.07, 6.45) is 2.70. The number of hydrogen-bond donors (Lipinski definition) is 0. The molecule has 1 heterocycles. The largest absolute Gasteiger partial charge is 0.497 e. The minimum Gasteiger partial charge on any atom is -0.497 e. The van der Waals surface area contributed by atoms with Gasteiger partial charge in [0.25, 0.3) is 0 Å². The lowest BCUT2D eigenvalue weighted by atomic mass is 10.1. The van der Waals surface area contributed by atoms with E-state index in [1.165, 1.54) is 29.9 Å². The first-order chi connectivity index (χ1) is 8.33. The standard InChI is InChI=1S/C14H20OS2/c1-3-4-11-9-16-14(17-10-11)12-5-7-13(15-2)8-6-12/h5-8,11,14H,3-4,9-10H2,1-2H3. The van der Waals surface area contributed by atoms with Crippen LogP contribution < -0.4 is 4.74 Å². The Labute approximate surface area is 113 Å². The monoisotopic (exact) mass is 268 g/mol. The summed E-state index contributed by atoms with van der Waals surface area (Å²) in [5.74, 6) is 4.50. The molecule has 94 valence electrons. The molecule has 0 bridgehead atoms. The van der Waals surface area contributed by atoms with Crippen LogP contribution in [0, 0.1) is 5.92 Å². The SMILES string of the molecule is CCCC1CSC(c2ccc(OC)cc2)SC1. The summed E-state index contributed by atoms with van der Waals surface area (Å²) in [5.41, 5.74) is 1.43. The Morgan fingerprint density at radius 1 is 1.18 bits per heavy atom. The van der Waals surface area contributed by atoms with Crippen molar-refractivity contribution in [3.05, 3.63) is 29.8 Å². The number of ether oxygens (including phenoxy) is 1. The Hall–Kier alpha value is -0.280. The fourth-order valence-corrected chi connectivity index (χ4v) is 5.24. The summed E-state index contributed by atoms with van der Waals surface area (Å²) in [5, 5.41) is 0. The van der Waals surface area contributed by atoms with E-state index in [-0.39, 0.29) is 0 Å². The van der Waals surface area contributed by atoms with Crippen molar-refractivity contribution in [2.75, 3.05) is 18.6 Å². The van der Waals surface area contributed by atoms with E-state index in [0.717, 1.165) is 11.7 Å². The van der Waals surface area contributed by atoms with Gasteiger partial charge in [-0.1, -0.05) is 25.5 Å². The van der Waals surface area contributed by atoms with Gasteiger partial charge in [0.05, 0.1) is 11.7 Å². The molecule has 1 aromatic rings. The molecule has 0 amide bonds. The molecule has 1 nitrogen and oxygen atoms in total. The third-order valence-corrected chi connectivity index (χ3v) is 6.35. The predicted molar refractivity (Wildman–Crippen MR) is 79.0 cm³/mol. The maximum absolute atomic E-state index is 5.19. The fourth-order valence-electron chi connectivity index (χ4n) is 2.07. The molecule has 0 spiro atoms. The minimum absolute atomic E-state index is 0.619. The number of thioether (sulfide) groups is 2. The molecule has 1 aliphatic heterocycles. The normalized spacial score (nSPS) is 24.6. The van der Waals surface area contributed by atoms with Crippen molar-refractivity contribution in [3.8, 4) is 5.75 Å². The van der Waals surface area contributed by atoms with Gasteiger partial charge in [-0.3, -0.25) is 0 Å². The summed E-state index contributed by atoms with van der Waals surface area (Å²) < 4.78 is 5.81. The number of rotatable bonds is 4.